The molecule has 19 heavy (non-hydrogen) atoms. The van der Waals surface area contributed by atoms with Gasteiger partial charge in [-0.25, -0.2) is 0 Å². The number of ether oxygens (including phenoxy) is 1. The van der Waals surface area contributed by atoms with E-state index >= 15 is 0 Å². The van der Waals surface area contributed by atoms with Gasteiger partial charge in [-0.15, -0.1) is 0 Å². The predicted octanol–water partition coefficient (Wildman–Crippen LogP) is 3.43. The fourth-order valence-corrected chi connectivity index (χ4v) is 1.88. The van der Waals surface area contributed by atoms with Crippen LogP contribution in [0.4, 0.5) is 0 Å². The van der Waals surface area contributed by atoms with Crippen molar-refractivity contribution in [3.63, 3.8) is 0 Å². The van der Waals surface area contributed by atoms with Gasteiger partial charge in [0.1, 0.15) is 11.5 Å². The molecule has 0 amide bonds. The quantitative estimate of drug-likeness (QED) is 0.887. The molecule has 1 N–H and O–H groups in total. The molecule has 1 heterocycles. The van der Waals surface area contributed by atoms with Crippen LogP contribution in [0.25, 0.3) is 0 Å². The summed E-state index contributed by atoms with van der Waals surface area (Å²) < 4.78 is 5.74. The number of pyridine rings is 1. The van der Waals surface area contributed by atoms with Gasteiger partial charge in [-0.3, -0.25) is 4.98 Å². The lowest BCUT2D eigenvalue weighted by molar-refractivity contribution is 0.479. The van der Waals surface area contributed by atoms with Crippen molar-refractivity contribution >= 4 is 0 Å². The third-order valence-corrected chi connectivity index (χ3v) is 3.22. The molecule has 1 aromatic heterocycles. The first-order valence-corrected chi connectivity index (χ1v) is 6.72. The van der Waals surface area contributed by atoms with Crippen molar-refractivity contribution in [2.45, 2.75) is 32.4 Å². The number of hydrogen-bond acceptors (Lipinski definition) is 3. The Kier molecular flexibility index (Phi) is 3.47. The highest BCUT2D eigenvalue weighted by atomic mass is 16.5. The van der Waals surface area contributed by atoms with Crippen LogP contribution in [0.3, 0.4) is 0 Å². The van der Waals surface area contributed by atoms with Crippen molar-refractivity contribution < 1.29 is 4.74 Å². The van der Waals surface area contributed by atoms with Gasteiger partial charge in [-0.2, -0.15) is 0 Å². The summed E-state index contributed by atoms with van der Waals surface area (Å²) in [7, 11) is 0. The number of rotatable bonds is 5. The van der Waals surface area contributed by atoms with E-state index in [2.05, 4.69) is 22.4 Å². The lowest BCUT2D eigenvalue weighted by Gasteiger charge is -2.07. The average Bonchev–Trinajstić information content (AvgIpc) is 3.25. The van der Waals surface area contributed by atoms with Crippen LogP contribution < -0.4 is 10.1 Å². The summed E-state index contributed by atoms with van der Waals surface area (Å²) >= 11 is 0. The second kappa shape index (κ2) is 5.41. The van der Waals surface area contributed by atoms with Crippen LogP contribution >= 0.6 is 0 Å². The van der Waals surface area contributed by atoms with Crippen LogP contribution in [0.5, 0.6) is 11.5 Å². The molecule has 0 spiro atoms. The minimum atomic E-state index is 0.745. The molecule has 0 radical (unpaired) electrons. The van der Waals surface area contributed by atoms with Crippen LogP contribution in [0.15, 0.2) is 42.6 Å². The van der Waals surface area contributed by atoms with E-state index < -0.39 is 0 Å². The number of aryl methyl sites for hydroxylation is 1. The molecule has 1 aliphatic rings. The Hall–Kier alpha value is -1.87. The molecule has 98 valence electrons. The molecule has 3 rings (SSSR count). The van der Waals surface area contributed by atoms with E-state index in [0.717, 1.165) is 29.8 Å². The van der Waals surface area contributed by atoms with Gasteiger partial charge in [0, 0.05) is 18.3 Å². The van der Waals surface area contributed by atoms with E-state index in [1.807, 2.05) is 31.2 Å². The summed E-state index contributed by atoms with van der Waals surface area (Å²) in [6, 6.07) is 12.8. The zero-order valence-corrected chi connectivity index (χ0v) is 11.1. The van der Waals surface area contributed by atoms with Crippen molar-refractivity contribution in [2.75, 3.05) is 0 Å². The third kappa shape index (κ3) is 3.55. The molecule has 0 unspecified atom stereocenters. The van der Waals surface area contributed by atoms with Gasteiger partial charge in [0.2, 0.25) is 0 Å². The Labute approximate surface area is 113 Å². The number of benzene rings is 1. The van der Waals surface area contributed by atoms with Gasteiger partial charge in [0.25, 0.3) is 0 Å². The minimum absolute atomic E-state index is 0.745. The van der Waals surface area contributed by atoms with Gasteiger partial charge in [-0.1, -0.05) is 12.1 Å². The number of aromatic nitrogens is 1. The fraction of sp³-hybridized carbons (Fsp3) is 0.312. The molecule has 1 fully saturated rings. The van der Waals surface area contributed by atoms with E-state index in [9.17, 15) is 0 Å². The summed E-state index contributed by atoms with van der Waals surface area (Å²) in [5, 5.41) is 3.50. The monoisotopic (exact) mass is 254 g/mol. The van der Waals surface area contributed by atoms with E-state index in [-0.39, 0.29) is 0 Å². The highest BCUT2D eigenvalue weighted by molar-refractivity contribution is 5.32. The molecule has 1 saturated carbocycles. The van der Waals surface area contributed by atoms with Gasteiger partial charge >= 0.3 is 0 Å². The van der Waals surface area contributed by atoms with Crippen LogP contribution in [0.2, 0.25) is 0 Å². The lowest BCUT2D eigenvalue weighted by Crippen LogP contribution is -2.14. The molecule has 2 aromatic rings. The van der Waals surface area contributed by atoms with E-state index in [1.165, 1.54) is 18.4 Å². The molecule has 0 bridgehead atoms. The molecule has 1 aliphatic carbocycles. The molecule has 3 heteroatoms. The smallest absolute Gasteiger partial charge is 0.145 e. The maximum Gasteiger partial charge on any atom is 0.145 e. The van der Waals surface area contributed by atoms with E-state index in [4.69, 9.17) is 4.74 Å². The minimum Gasteiger partial charge on any atom is -0.456 e. The standard InChI is InChI=1S/C16H18N2O/c1-12-2-7-16(11-17-12)19-15-8-3-13(4-9-15)10-18-14-5-6-14/h2-4,7-9,11,14,18H,5-6,10H2,1H3. The van der Waals surface area contributed by atoms with Gasteiger partial charge in [0.05, 0.1) is 6.20 Å². The molecule has 0 aliphatic heterocycles. The van der Waals surface area contributed by atoms with E-state index in [1.54, 1.807) is 6.20 Å². The topological polar surface area (TPSA) is 34.1 Å². The molecule has 0 atom stereocenters. The van der Waals surface area contributed by atoms with Crippen molar-refractivity contribution in [1.82, 2.24) is 10.3 Å². The summed E-state index contributed by atoms with van der Waals surface area (Å²) in [5.41, 5.74) is 2.29. The summed E-state index contributed by atoms with van der Waals surface area (Å²) in [5.74, 6) is 1.62. The van der Waals surface area contributed by atoms with Crippen molar-refractivity contribution in [3.05, 3.63) is 53.9 Å². The molecule has 3 nitrogen and oxygen atoms in total. The SMILES string of the molecule is Cc1ccc(Oc2ccc(CNC3CC3)cc2)cn1. The first-order chi connectivity index (χ1) is 9.29. The second-order valence-electron chi connectivity index (χ2n) is 5.04. The van der Waals surface area contributed by atoms with Crippen LogP contribution in [0.1, 0.15) is 24.1 Å². The Morgan fingerprint density at radius 3 is 2.47 bits per heavy atom. The number of nitrogens with one attached hydrogen (secondary N) is 1. The number of hydrogen-bond donors (Lipinski definition) is 1. The summed E-state index contributed by atoms with van der Waals surface area (Å²) in [6.45, 7) is 2.91. The fourth-order valence-electron chi connectivity index (χ4n) is 1.88. The van der Waals surface area contributed by atoms with Crippen LogP contribution in [-0.4, -0.2) is 11.0 Å². The van der Waals surface area contributed by atoms with Crippen molar-refractivity contribution in [2.24, 2.45) is 0 Å². The van der Waals surface area contributed by atoms with Crippen LogP contribution in [-0.2, 0) is 6.54 Å². The maximum absolute atomic E-state index is 5.74. The predicted molar refractivity (Wildman–Crippen MR) is 75.4 cm³/mol. The highest BCUT2D eigenvalue weighted by Crippen LogP contribution is 2.22. The summed E-state index contributed by atoms with van der Waals surface area (Å²) in [4.78, 5) is 4.21. The number of nitrogens with zero attached hydrogens (tertiary/aromatic N) is 1. The zero-order valence-electron chi connectivity index (χ0n) is 11.1. The lowest BCUT2D eigenvalue weighted by atomic mass is 10.2. The van der Waals surface area contributed by atoms with Crippen LogP contribution in [0, 0.1) is 6.92 Å². The molecule has 0 saturated heterocycles. The first kappa shape index (κ1) is 12.2. The highest BCUT2D eigenvalue weighted by Gasteiger charge is 2.19. The average molecular weight is 254 g/mol. The molecule has 1 aromatic carbocycles. The van der Waals surface area contributed by atoms with Gasteiger partial charge in [-0.05, 0) is 49.6 Å². The Morgan fingerprint density at radius 1 is 1.11 bits per heavy atom. The van der Waals surface area contributed by atoms with Crippen molar-refractivity contribution in [3.8, 4) is 11.5 Å². The molecular formula is C16H18N2O. The Balaban J connectivity index is 1.59. The normalized spacial score (nSPS) is 14.4. The third-order valence-electron chi connectivity index (χ3n) is 3.22. The van der Waals surface area contributed by atoms with Gasteiger partial charge in [0.15, 0.2) is 0 Å². The second-order valence-corrected chi connectivity index (χ2v) is 5.04. The van der Waals surface area contributed by atoms with Gasteiger partial charge < -0.3 is 10.1 Å². The summed E-state index contributed by atoms with van der Waals surface area (Å²) in [6.07, 6.45) is 4.39. The van der Waals surface area contributed by atoms with Crippen molar-refractivity contribution in [1.29, 1.82) is 0 Å². The maximum atomic E-state index is 5.74. The molecular weight excluding hydrogens is 236 g/mol. The Morgan fingerprint density at radius 2 is 1.84 bits per heavy atom. The Bertz CT molecular complexity index is 530. The largest absolute Gasteiger partial charge is 0.456 e. The first-order valence-electron chi connectivity index (χ1n) is 6.72. The van der Waals surface area contributed by atoms with E-state index in [0.29, 0.717) is 0 Å². The zero-order chi connectivity index (χ0) is 13.1.